The molecule has 0 aromatic carbocycles. The Hall–Kier alpha value is -0.610. The van der Waals surface area contributed by atoms with Crippen LogP contribution in [0.2, 0.25) is 0 Å². The summed E-state index contributed by atoms with van der Waals surface area (Å²) in [5.41, 5.74) is 0.794. The third-order valence-electron chi connectivity index (χ3n) is 2.29. The molecule has 0 aliphatic carbocycles. The molecule has 0 fully saturated rings. The monoisotopic (exact) mass is 158 g/mol. The Morgan fingerprint density at radius 3 is 2.73 bits per heavy atom. The molecule has 0 aromatic rings. The zero-order valence-corrected chi connectivity index (χ0v) is 7.11. The smallest absolute Gasteiger partial charge is 0.237 e. The number of nitrogens with zero attached hydrogens (tertiary/aromatic N) is 2. The van der Waals surface area contributed by atoms with Crippen LogP contribution in [-0.2, 0) is 0 Å². The second-order valence-electron chi connectivity index (χ2n) is 3.12. The minimum Gasteiger partial charge on any atom is -0.623 e. The fourth-order valence-corrected chi connectivity index (χ4v) is 1.20. The molecule has 0 saturated heterocycles. The molecule has 1 N–H and O–H groups in total. The number of hydrogen-bond donors (Lipinski definition) is 1. The van der Waals surface area contributed by atoms with Crippen molar-refractivity contribution >= 4 is 5.71 Å². The first kappa shape index (κ1) is 8.49. The molecule has 64 valence electrons. The van der Waals surface area contributed by atoms with E-state index in [1.54, 1.807) is 13.8 Å². The van der Waals surface area contributed by atoms with Gasteiger partial charge in [0.05, 0.1) is 5.92 Å². The van der Waals surface area contributed by atoms with Crippen molar-refractivity contribution in [1.29, 1.82) is 0 Å². The van der Waals surface area contributed by atoms with Crippen molar-refractivity contribution in [2.45, 2.75) is 26.9 Å². The van der Waals surface area contributed by atoms with Gasteiger partial charge in [-0.05, 0) is 0 Å². The molecule has 0 amide bonds. The summed E-state index contributed by atoms with van der Waals surface area (Å²) in [6, 6.07) is 0. The Balaban J connectivity index is 2.89. The van der Waals surface area contributed by atoms with E-state index < -0.39 is 6.17 Å². The van der Waals surface area contributed by atoms with Gasteiger partial charge in [-0.25, -0.2) is 0 Å². The Labute approximate surface area is 66.3 Å². The lowest BCUT2D eigenvalue weighted by atomic mass is 10.1. The Kier molecular flexibility index (Phi) is 2.15. The molecule has 2 unspecified atom stereocenters. The summed E-state index contributed by atoms with van der Waals surface area (Å²) in [6.45, 7) is 5.96. The highest BCUT2D eigenvalue weighted by atomic mass is 16.5. The summed E-state index contributed by atoms with van der Waals surface area (Å²) in [6.07, 6.45) is -0.439. The number of rotatable bonds is 0. The van der Waals surface area contributed by atoms with Crippen molar-refractivity contribution in [3.63, 3.8) is 0 Å². The third-order valence-corrected chi connectivity index (χ3v) is 2.29. The highest BCUT2D eigenvalue weighted by molar-refractivity contribution is 5.79. The maximum absolute atomic E-state index is 11.2. The Morgan fingerprint density at radius 2 is 2.18 bits per heavy atom. The van der Waals surface area contributed by atoms with E-state index in [4.69, 9.17) is 0 Å². The molecule has 0 radical (unpaired) electrons. The van der Waals surface area contributed by atoms with Gasteiger partial charge in [-0.1, -0.05) is 6.92 Å². The second kappa shape index (κ2) is 2.79. The third kappa shape index (κ3) is 1.36. The van der Waals surface area contributed by atoms with Crippen LogP contribution in [0.1, 0.15) is 20.8 Å². The zero-order chi connectivity index (χ0) is 8.59. The van der Waals surface area contributed by atoms with Gasteiger partial charge in [-0.3, -0.25) is 0 Å². The lowest BCUT2D eigenvalue weighted by Crippen LogP contribution is -2.48. The van der Waals surface area contributed by atoms with Gasteiger partial charge >= 0.3 is 0 Å². The van der Waals surface area contributed by atoms with Crippen LogP contribution in [0.15, 0.2) is 0 Å². The van der Waals surface area contributed by atoms with Gasteiger partial charge in [0.25, 0.3) is 0 Å². The van der Waals surface area contributed by atoms with Crippen LogP contribution in [0.5, 0.6) is 0 Å². The largest absolute Gasteiger partial charge is 0.623 e. The van der Waals surface area contributed by atoms with Crippen LogP contribution in [0.4, 0.5) is 0 Å². The molecular formula is C7H14N2O2. The van der Waals surface area contributed by atoms with Crippen molar-refractivity contribution in [2.75, 3.05) is 6.54 Å². The van der Waals surface area contributed by atoms with Gasteiger partial charge in [0.2, 0.25) is 6.17 Å². The van der Waals surface area contributed by atoms with Crippen molar-refractivity contribution < 1.29 is 9.95 Å². The highest BCUT2D eigenvalue weighted by Crippen LogP contribution is 2.11. The van der Waals surface area contributed by atoms with E-state index in [9.17, 15) is 10.4 Å². The summed E-state index contributed by atoms with van der Waals surface area (Å²) in [5.74, 6) is 0.147. The first-order chi connectivity index (χ1) is 5.04. The number of hydroxylamine groups is 3. The molecule has 1 aliphatic rings. The summed E-state index contributed by atoms with van der Waals surface area (Å²) >= 11 is 0. The molecule has 1 heterocycles. The molecule has 2 atom stereocenters. The fraction of sp³-hybridized carbons (Fsp3) is 0.857. The van der Waals surface area contributed by atoms with Crippen LogP contribution in [0, 0.1) is 11.1 Å². The van der Waals surface area contributed by atoms with E-state index >= 15 is 0 Å². The van der Waals surface area contributed by atoms with Gasteiger partial charge in [0, 0.05) is 20.4 Å². The van der Waals surface area contributed by atoms with Crippen molar-refractivity contribution in [2.24, 2.45) is 5.92 Å². The van der Waals surface area contributed by atoms with Crippen LogP contribution >= 0.6 is 0 Å². The highest BCUT2D eigenvalue weighted by Gasteiger charge is 2.30. The molecule has 1 rings (SSSR count). The predicted octanol–water partition coefficient (Wildman–Crippen LogP) is 0.645. The van der Waals surface area contributed by atoms with E-state index in [2.05, 4.69) is 0 Å². The minimum atomic E-state index is -0.439. The molecule has 0 bridgehead atoms. The first-order valence-corrected chi connectivity index (χ1v) is 3.79. The van der Waals surface area contributed by atoms with E-state index in [0.717, 1.165) is 15.5 Å². The standard InChI is InChI=1S/C7H14N2O2/c1-5-4-8(10)7(3)9(11)6(5)2/h5,7,10H,4H2,1-3H3. The van der Waals surface area contributed by atoms with E-state index in [1.165, 1.54) is 0 Å². The summed E-state index contributed by atoms with van der Waals surface area (Å²) < 4.78 is 0.855. The van der Waals surface area contributed by atoms with Crippen molar-refractivity contribution in [3.8, 4) is 0 Å². The quantitative estimate of drug-likeness (QED) is 0.416. The second-order valence-corrected chi connectivity index (χ2v) is 3.12. The lowest BCUT2D eigenvalue weighted by Gasteiger charge is -2.30. The van der Waals surface area contributed by atoms with Crippen LogP contribution < -0.4 is 0 Å². The topological polar surface area (TPSA) is 49.5 Å². The van der Waals surface area contributed by atoms with E-state index in [0.29, 0.717) is 6.54 Å². The van der Waals surface area contributed by atoms with Crippen LogP contribution in [0.3, 0.4) is 0 Å². The van der Waals surface area contributed by atoms with Gasteiger partial charge in [-0.2, -0.15) is 4.74 Å². The first-order valence-electron chi connectivity index (χ1n) is 3.79. The molecule has 0 spiro atoms. The maximum atomic E-state index is 11.2. The summed E-state index contributed by atoms with van der Waals surface area (Å²) in [4.78, 5) is 0. The average Bonchev–Trinajstić information content (AvgIpc) is 1.97. The molecule has 4 nitrogen and oxygen atoms in total. The SMILES string of the molecule is CC1=[N+]([O-])C(C)N(O)CC1C. The van der Waals surface area contributed by atoms with Gasteiger partial charge in [0.1, 0.15) is 0 Å². The Bertz CT molecular complexity index is 191. The van der Waals surface area contributed by atoms with Gasteiger partial charge in [-0.15, -0.1) is 5.06 Å². The van der Waals surface area contributed by atoms with Crippen LogP contribution in [-0.4, -0.2) is 33.4 Å². The van der Waals surface area contributed by atoms with Crippen LogP contribution in [0.25, 0.3) is 0 Å². The zero-order valence-electron chi connectivity index (χ0n) is 7.11. The number of hydrogen-bond acceptors (Lipinski definition) is 3. The lowest BCUT2D eigenvalue weighted by molar-refractivity contribution is -0.561. The average molecular weight is 158 g/mol. The van der Waals surface area contributed by atoms with Gasteiger partial charge in [0.15, 0.2) is 5.71 Å². The van der Waals surface area contributed by atoms with E-state index in [1.807, 2.05) is 6.92 Å². The fourth-order valence-electron chi connectivity index (χ4n) is 1.20. The molecule has 0 aromatic heterocycles. The molecule has 11 heavy (non-hydrogen) atoms. The van der Waals surface area contributed by atoms with Gasteiger partial charge < -0.3 is 10.4 Å². The molecular weight excluding hydrogens is 144 g/mol. The molecule has 0 saturated carbocycles. The van der Waals surface area contributed by atoms with Crippen molar-refractivity contribution in [1.82, 2.24) is 5.06 Å². The summed E-state index contributed by atoms with van der Waals surface area (Å²) in [5, 5.41) is 21.5. The normalized spacial score (nSPS) is 34.5. The molecule has 4 heteroatoms. The Morgan fingerprint density at radius 1 is 1.64 bits per heavy atom. The summed E-state index contributed by atoms with van der Waals surface area (Å²) in [7, 11) is 0. The van der Waals surface area contributed by atoms with Crippen molar-refractivity contribution in [3.05, 3.63) is 5.21 Å². The van der Waals surface area contributed by atoms with E-state index in [-0.39, 0.29) is 5.92 Å². The molecule has 1 aliphatic heterocycles. The minimum absolute atomic E-state index is 0.147. The maximum Gasteiger partial charge on any atom is 0.237 e. The predicted molar refractivity (Wildman–Crippen MR) is 41.4 cm³/mol.